The van der Waals surface area contributed by atoms with Gasteiger partial charge in [0.25, 0.3) is 0 Å². The minimum atomic E-state index is -0.0265. The molecule has 0 spiro atoms. The number of carbonyl (C=O) groups excluding carboxylic acids is 1. The van der Waals surface area contributed by atoms with E-state index in [0.717, 1.165) is 18.5 Å². The Bertz CT molecular complexity index is 624. The second-order valence-corrected chi connectivity index (χ2v) is 5.31. The zero-order chi connectivity index (χ0) is 14.7. The Morgan fingerprint density at radius 1 is 1.38 bits per heavy atom. The number of rotatable bonds is 3. The SMILES string of the molecule is O=C(Nc1cc(Cl)ccc1-n1cncn1)C1CCOCC1. The van der Waals surface area contributed by atoms with Crippen molar-refractivity contribution in [2.75, 3.05) is 18.5 Å². The lowest BCUT2D eigenvalue weighted by molar-refractivity contribution is -0.122. The Morgan fingerprint density at radius 2 is 2.19 bits per heavy atom. The van der Waals surface area contributed by atoms with Gasteiger partial charge in [0.15, 0.2) is 0 Å². The van der Waals surface area contributed by atoms with Crippen LogP contribution in [0.4, 0.5) is 5.69 Å². The molecule has 21 heavy (non-hydrogen) atoms. The summed E-state index contributed by atoms with van der Waals surface area (Å²) in [6.07, 6.45) is 4.50. The second kappa shape index (κ2) is 6.24. The molecule has 1 amide bonds. The van der Waals surface area contributed by atoms with E-state index in [0.29, 0.717) is 23.9 Å². The van der Waals surface area contributed by atoms with Crippen molar-refractivity contribution in [2.45, 2.75) is 12.8 Å². The van der Waals surface area contributed by atoms with Crippen LogP contribution in [0.2, 0.25) is 5.02 Å². The lowest BCUT2D eigenvalue weighted by atomic mass is 9.99. The van der Waals surface area contributed by atoms with Gasteiger partial charge in [-0.15, -0.1) is 0 Å². The van der Waals surface area contributed by atoms with Gasteiger partial charge in [0, 0.05) is 24.2 Å². The molecule has 1 N–H and O–H groups in total. The number of benzene rings is 1. The standard InChI is InChI=1S/C14H15ClN4O2/c15-11-1-2-13(19-9-16-8-17-19)12(7-11)18-14(20)10-3-5-21-6-4-10/h1-2,7-10H,3-6H2,(H,18,20). The third-order valence-corrected chi connectivity index (χ3v) is 3.71. The molecule has 2 heterocycles. The molecule has 2 aromatic rings. The second-order valence-electron chi connectivity index (χ2n) is 4.88. The maximum absolute atomic E-state index is 12.3. The summed E-state index contributed by atoms with van der Waals surface area (Å²) in [6, 6.07) is 5.27. The van der Waals surface area contributed by atoms with Crippen LogP contribution >= 0.6 is 11.6 Å². The Kier molecular flexibility index (Phi) is 4.17. The lowest BCUT2D eigenvalue weighted by Crippen LogP contribution is -2.29. The van der Waals surface area contributed by atoms with Gasteiger partial charge in [0.1, 0.15) is 12.7 Å². The predicted molar refractivity (Wildman–Crippen MR) is 78.5 cm³/mol. The van der Waals surface area contributed by atoms with Gasteiger partial charge in [-0.25, -0.2) is 9.67 Å². The number of halogens is 1. The molecular formula is C14H15ClN4O2. The Morgan fingerprint density at radius 3 is 2.90 bits per heavy atom. The summed E-state index contributed by atoms with van der Waals surface area (Å²) in [7, 11) is 0. The molecule has 7 heteroatoms. The molecule has 110 valence electrons. The van der Waals surface area contributed by atoms with Crippen LogP contribution in [0, 0.1) is 5.92 Å². The molecule has 1 aromatic heterocycles. The third-order valence-electron chi connectivity index (χ3n) is 3.47. The molecule has 6 nitrogen and oxygen atoms in total. The first kappa shape index (κ1) is 14.0. The van der Waals surface area contributed by atoms with Crippen LogP contribution < -0.4 is 5.32 Å². The van der Waals surface area contributed by atoms with Crippen LogP contribution in [0.5, 0.6) is 0 Å². The first-order valence-corrected chi connectivity index (χ1v) is 7.15. The van der Waals surface area contributed by atoms with Crippen molar-refractivity contribution in [3.63, 3.8) is 0 Å². The number of hydrogen-bond donors (Lipinski definition) is 1. The molecule has 0 bridgehead atoms. The van der Waals surface area contributed by atoms with Crippen LogP contribution in [-0.4, -0.2) is 33.9 Å². The van der Waals surface area contributed by atoms with Crippen LogP contribution in [0.15, 0.2) is 30.9 Å². The van der Waals surface area contributed by atoms with Crippen molar-refractivity contribution in [1.29, 1.82) is 0 Å². The van der Waals surface area contributed by atoms with Gasteiger partial charge in [0.05, 0.1) is 11.4 Å². The summed E-state index contributed by atoms with van der Waals surface area (Å²) in [5.41, 5.74) is 1.36. The van der Waals surface area contributed by atoms with Gasteiger partial charge in [-0.1, -0.05) is 11.6 Å². The molecule has 1 fully saturated rings. The first-order chi connectivity index (χ1) is 10.2. The summed E-state index contributed by atoms with van der Waals surface area (Å²) >= 11 is 6.03. The predicted octanol–water partition coefficient (Wildman–Crippen LogP) is 2.29. The topological polar surface area (TPSA) is 69.0 Å². The van der Waals surface area contributed by atoms with Crippen molar-refractivity contribution >= 4 is 23.2 Å². The molecule has 0 aliphatic carbocycles. The van der Waals surface area contributed by atoms with E-state index in [2.05, 4.69) is 15.4 Å². The van der Waals surface area contributed by atoms with E-state index in [9.17, 15) is 4.79 Å². The van der Waals surface area contributed by atoms with Gasteiger partial charge in [0.2, 0.25) is 5.91 Å². The van der Waals surface area contributed by atoms with E-state index in [-0.39, 0.29) is 11.8 Å². The Balaban J connectivity index is 1.84. The van der Waals surface area contributed by atoms with E-state index in [1.54, 1.807) is 29.2 Å². The largest absolute Gasteiger partial charge is 0.381 e. The number of ether oxygens (including phenoxy) is 1. The molecule has 0 radical (unpaired) electrons. The van der Waals surface area contributed by atoms with E-state index in [1.165, 1.54) is 6.33 Å². The number of nitrogens with one attached hydrogen (secondary N) is 1. The molecule has 1 aliphatic heterocycles. The average molecular weight is 307 g/mol. The zero-order valence-electron chi connectivity index (χ0n) is 11.3. The first-order valence-electron chi connectivity index (χ1n) is 6.77. The molecule has 1 aromatic carbocycles. The monoisotopic (exact) mass is 306 g/mol. The van der Waals surface area contributed by atoms with Gasteiger partial charge in [-0.3, -0.25) is 4.79 Å². The summed E-state index contributed by atoms with van der Waals surface area (Å²) in [4.78, 5) is 16.3. The Hall–Kier alpha value is -1.92. The highest BCUT2D eigenvalue weighted by Crippen LogP contribution is 2.25. The van der Waals surface area contributed by atoms with Crippen molar-refractivity contribution in [3.8, 4) is 5.69 Å². The lowest BCUT2D eigenvalue weighted by Gasteiger charge is -2.22. The number of hydrogen-bond acceptors (Lipinski definition) is 4. The van der Waals surface area contributed by atoms with Gasteiger partial charge in [-0.05, 0) is 31.0 Å². The normalized spacial score (nSPS) is 15.9. The number of carbonyl (C=O) groups is 1. The molecule has 3 rings (SSSR count). The minimum Gasteiger partial charge on any atom is -0.381 e. The Labute approximate surface area is 127 Å². The van der Waals surface area contributed by atoms with E-state index in [4.69, 9.17) is 16.3 Å². The van der Waals surface area contributed by atoms with Gasteiger partial charge < -0.3 is 10.1 Å². The van der Waals surface area contributed by atoms with Crippen LogP contribution in [0.1, 0.15) is 12.8 Å². The van der Waals surface area contributed by atoms with Gasteiger partial charge >= 0.3 is 0 Å². The smallest absolute Gasteiger partial charge is 0.227 e. The fraction of sp³-hybridized carbons (Fsp3) is 0.357. The zero-order valence-corrected chi connectivity index (χ0v) is 12.1. The van der Waals surface area contributed by atoms with Crippen molar-refractivity contribution in [1.82, 2.24) is 14.8 Å². The molecule has 0 atom stereocenters. The van der Waals surface area contributed by atoms with E-state index in [1.807, 2.05) is 0 Å². The van der Waals surface area contributed by atoms with E-state index >= 15 is 0 Å². The molecule has 1 aliphatic rings. The van der Waals surface area contributed by atoms with Crippen LogP contribution in [-0.2, 0) is 9.53 Å². The summed E-state index contributed by atoms with van der Waals surface area (Å²) < 4.78 is 6.87. The maximum Gasteiger partial charge on any atom is 0.227 e. The van der Waals surface area contributed by atoms with Gasteiger partial charge in [-0.2, -0.15) is 5.10 Å². The number of anilines is 1. The number of amides is 1. The van der Waals surface area contributed by atoms with Crippen LogP contribution in [0.3, 0.4) is 0 Å². The quantitative estimate of drug-likeness (QED) is 0.944. The summed E-state index contributed by atoms with van der Waals surface area (Å²) in [5.74, 6) is -0.0386. The third kappa shape index (κ3) is 3.22. The van der Waals surface area contributed by atoms with Crippen molar-refractivity contribution in [2.24, 2.45) is 5.92 Å². The van der Waals surface area contributed by atoms with Crippen molar-refractivity contribution < 1.29 is 9.53 Å². The molecule has 0 unspecified atom stereocenters. The highest BCUT2D eigenvalue weighted by molar-refractivity contribution is 6.31. The van der Waals surface area contributed by atoms with Crippen molar-refractivity contribution in [3.05, 3.63) is 35.9 Å². The number of aromatic nitrogens is 3. The molecular weight excluding hydrogens is 292 g/mol. The highest BCUT2D eigenvalue weighted by atomic mass is 35.5. The minimum absolute atomic E-state index is 0.0121. The fourth-order valence-corrected chi connectivity index (χ4v) is 2.51. The maximum atomic E-state index is 12.3. The average Bonchev–Trinajstić information content (AvgIpc) is 3.02. The summed E-state index contributed by atoms with van der Waals surface area (Å²) in [6.45, 7) is 1.26. The van der Waals surface area contributed by atoms with Crippen LogP contribution in [0.25, 0.3) is 5.69 Å². The molecule has 1 saturated heterocycles. The molecule has 0 saturated carbocycles. The van der Waals surface area contributed by atoms with E-state index < -0.39 is 0 Å². The fourth-order valence-electron chi connectivity index (χ4n) is 2.34. The highest BCUT2D eigenvalue weighted by Gasteiger charge is 2.22. The summed E-state index contributed by atoms with van der Waals surface area (Å²) in [5, 5.41) is 7.59. The number of nitrogens with zero attached hydrogens (tertiary/aromatic N) is 3.